The standard InChI is InChI=1S/C62H44N6/c1-3-11-51-41(9-1)45-29-35(17-23-53(45)65-51)37-19-25-55-47(31-37)49-33-39-15-16-40-34-50-48-32-38(36-18-24-54-46(30-36)42-10-2-4-12-52(42)66-54)20-26-56(48)68(58-14-6-8-28-64-58)62(50)44-22-21-43(59(39)60(40)44)61(49)67(55)57-13-5-7-27-63-57/h1-14,17-19,23-25,27-34,41,51,65-66H,15-16,20-22,26H2. The number of anilines is 1. The summed E-state index contributed by atoms with van der Waals surface area (Å²) in [4.78, 5) is 13.7. The quantitative estimate of drug-likeness (QED) is 0.185. The van der Waals surface area contributed by atoms with E-state index in [1.165, 1.54) is 133 Å². The van der Waals surface area contributed by atoms with E-state index in [1.807, 2.05) is 24.5 Å². The maximum Gasteiger partial charge on any atom is 0.137 e. The Hall–Kier alpha value is -8.22. The SMILES string of the molecule is C1=CC2Nc3ccc(-c4ccc5c(c4)c4cc6c7c(c4n5-c4ccccn4)CCc4c-7c(cc5c7c(n(-c8ccccn8)c45)CCC(c4ccc5[nH]c8ccccc8c5c4)=C7)CC6)cc3C2C=C1. The number of nitrogens with one attached hydrogen (secondary N) is 2. The van der Waals surface area contributed by atoms with Crippen LogP contribution in [0.1, 0.15) is 57.0 Å². The van der Waals surface area contributed by atoms with Crippen molar-refractivity contribution in [2.45, 2.75) is 50.5 Å². The molecule has 16 rings (SSSR count). The van der Waals surface area contributed by atoms with Gasteiger partial charge >= 0.3 is 0 Å². The molecule has 11 aromatic rings. The number of allylic oxidation sites excluding steroid dienone is 3. The van der Waals surface area contributed by atoms with Gasteiger partial charge in [0.05, 0.1) is 22.6 Å². The van der Waals surface area contributed by atoms with Crippen LogP contribution >= 0.6 is 0 Å². The van der Waals surface area contributed by atoms with Crippen molar-refractivity contribution in [2.75, 3.05) is 5.32 Å². The molecule has 322 valence electrons. The van der Waals surface area contributed by atoms with Gasteiger partial charge in [0, 0.05) is 73.2 Å². The van der Waals surface area contributed by atoms with E-state index < -0.39 is 0 Å². The lowest BCUT2D eigenvalue weighted by Crippen LogP contribution is -2.17. The van der Waals surface area contributed by atoms with E-state index >= 15 is 0 Å². The van der Waals surface area contributed by atoms with Crippen molar-refractivity contribution in [3.63, 3.8) is 0 Å². The molecule has 4 aliphatic carbocycles. The summed E-state index contributed by atoms with van der Waals surface area (Å²) < 4.78 is 5.00. The largest absolute Gasteiger partial charge is 0.378 e. The van der Waals surface area contributed by atoms with Crippen molar-refractivity contribution in [1.82, 2.24) is 24.1 Å². The van der Waals surface area contributed by atoms with E-state index in [0.29, 0.717) is 12.0 Å². The number of aryl methyl sites for hydroxylation is 4. The number of benzene rings is 6. The Labute approximate surface area is 392 Å². The third kappa shape index (κ3) is 5.06. The molecule has 6 aromatic carbocycles. The molecular formula is C62H44N6. The Bertz CT molecular complexity index is 4120. The van der Waals surface area contributed by atoms with Gasteiger partial charge in [0.25, 0.3) is 0 Å². The third-order valence-corrected chi connectivity index (χ3v) is 16.1. The van der Waals surface area contributed by atoms with Gasteiger partial charge in [-0.3, -0.25) is 9.13 Å². The lowest BCUT2D eigenvalue weighted by atomic mass is 9.73. The maximum absolute atomic E-state index is 5.05. The second-order valence-electron chi connectivity index (χ2n) is 19.6. The minimum absolute atomic E-state index is 0.321. The smallest absolute Gasteiger partial charge is 0.137 e. The van der Waals surface area contributed by atoms with Crippen molar-refractivity contribution in [2.24, 2.45) is 0 Å². The fourth-order valence-corrected chi connectivity index (χ4v) is 13.2. The van der Waals surface area contributed by atoms with Crippen molar-refractivity contribution in [3.8, 4) is 33.9 Å². The molecule has 0 fully saturated rings. The molecule has 0 spiro atoms. The lowest BCUT2D eigenvalue weighted by molar-refractivity contribution is 0.805. The van der Waals surface area contributed by atoms with E-state index in [2.05, 4.69) is 165 Å². The number of fused-ring (bicyclic) bond motifs is 14. The molecule has 1 aliphatic heterocycles. The normalized spacial score (nSPS) is 17.4. The predicted molar refractivity (Wildman–Crippen MR) is 279 cm³/mol. The molecular weight excluding hydrogens is 829 g/mol. The van der Waals surface area contributed by atoms with E-state index in [4.69, 9.17) is 9.97 Å². The minimum Gasteiger partial charge on any atom is -0.378 e. The molecule has 0 saturated heterocycles. The van der Waals surface area contributed by atoms with Crippen LogP contribution in [0.3, 0.4) is 0 Å². The monoisotopic (exact) mass is 872 g/mol. The van der Waals surface area contributed by atoms with E-state index in [0.717, 1.165) is 50.2 Å². The highest BCUT2D eigenvalue weighted by molar-refractivity contribution is 6.15. The van der Waals surface area contributed by atoms with Crippen LogP contribution in [0.4, 0.5) is 5.69 Å². The number of rotatable bonds is 4. The first kappa shape index (κ1) is 36.9. The molecule has 0 bridgehead atoms. The Morgan fingerprint density at radius 1 is 0.515 bits per heavy atom. The molecule has 0 radical (unpaired) electrons. The number of aromatic nitrogens is 5. The highest BCUT2D eigenvalue weighted by atomic mass is 15.1. The Morgan fingerprint density at radius 2 is 1.21 bits per heavy atom. The van der Waals surface area contributed by atoms with Crippen molar-refractivity contribution < 1.29 is 0 Å². The van der Waals surface area contributed by atoms with Gasteiger partial charge in [0.1, 0.15) is 11.6 Å². The molecule has 0 amide bonds. The van der Waals surface area contributed by atoms with Gasteiger partial charge in [-0.15, -0.1) is 0 Å². The fraction of sp³-hybridized carbons (Fsp3) is 0.129. The summed E-state index contributed by atoms with van der Waals surface area (Å²) in [5.74, 6) is 2.32. The zero-order valence-corrected chi connectivity index (χ0v) is 37.4. The van der Waals surface area contributed by atoms with Crippen molar-refractivity contribution >= 4 is 71.9 Å². The molecule has 2 unspecified atom stereocenters. The average Bonchev–Trinajstić information content (AvgIpc) is 4.15. The molecule has 2 N–H and O–H groups in total. The van der Waals surface area contributed by atoms with Crippen LogP contribution in [-0.2, 0) is 32.1 Å². The topological polar surface area (TPSA) is 63.5 Å². The fourth-order valence-electron chi connectivity index (χ4n) is 13.2. The van der Waals surface area contributed by atoms with Gasteiger partial charge < -0.3 is 10.3 Å². The molecule has 0 saturated carbocycles. The number of pyridine rings is 2. The average molecular weight is 873 g/mol. The predicted octanol–water partition coefficient (Wildman–Crippen LogP) is 14.2. The van der Waals surface area contributed by atoms with Crippen molar-refractivity contribution in [3.05, 3.63) is 209 Å². The molecule has 5 aromatic heterocycles. The van der Waals surface area contributed by atoms with Gasteiger partial charge in [-0.1, -0.05) is 72.8 Å². The molecule has 2 atom stereocenters. The number of aromatic amines is 1. The van der Waals surface area contributed by atoms with Crippen LogP contribution in [0.15, 0.2) is 164 Å². The first-order valence-electron chi connectivity index (χ1n) is 24.4. The third-order valence-electron chi connectivity index (χ3n) is 16.1. The highest BCUT2D eigenvalue weighted by Gasteiger charge is 2.35. The van der Waals surface area contributed by atoms with Gasteiger partial charge in [-0.25, -0.2) is 9.97 Å². The zero-order valence-electron chi connectivity index (χ0n) is 37.4. The molecule has 6 nitrogen and oxygen atoms in total. The summed E-state index contributed by atoms with van der Waals surface area (Å²) in [5, 5.41) is 10.3. The van der Waals surface area contributed by atoms with Crippen LogP contribution in [0.5, 0.6) is 0 Å². The Balaban J connectivity index is 0.906. The summed E-state index contributed by atoms with van der Waals surface area (Å²) >= 11 is 0. The Morgan fingerprint density at radius 3 is 2.03 bits per heavy atom. The molecule has 68 heavy (non-hydrogen) atoms. The number of nitrogens with zero attached hydrogens (tertiary/aromatic N) is 4. The van der Waals surface area contributed by atoms with Gasteiger partial charge in [0.2, 0.25) is 0 Å². The zero-order chi connectivity index (χ0) is 44.2. The number of para-hydroxylation sites is 1. The summed E-state index contributed by atoms with van der Waals surface area (Å²) in [7, 11) is 0. The van der Waals surface area contributed by atoms with Crippen LogP contribution in [-0.4, -0.2) is 30.1 Å². The van der Waals surface area contributed by atoms with Gasteiger partial charge in [0.15, 0.2) is 0 Å². The minimum atomic E-state index is 0.321. The molecule has 6 heteroatoms. The number of H-pyrrole nitrogens is 1. The van der Waals surface area contributed by atoms with Gasteiger partial charge in [-0.2, -0.15) is 0 Å². The molecule has 5 aliphatic rings. The van der Waals surface area contributed by atoms with Crippen LogP contribution < -0.4 is 5.32 Å². The summed E-state index contributed by atoms with van der Waals surface area (Å²) in [6.45, 7) is 0. The van der Waals surface area contributed by atoms with Crippen LogP contribution in [0.25, 0.3) is 100 Å². The number of hydrogen-bond acceptors (Lipinski definition) is 3. The van der Waals surface area contributed by atoms with E-state index in [9.17, 15) is 0 Å². The summed E-state index contributed by atoms with van der Waals surface area (Å²) in [5.41, 5.74) is 25.5. The van der Waals surface area contributed by atoms with Gasteiger partial charge in [-0.05, 0) is 185 Å². The van der Waals surface area contributed by atoms with Crippen molar-refractivity contribution in [1.29, 1.82) is 0 Å². The number of hydrogen-bond donors (Lipinski definition) is 2. The lowest BCUT2D eigenvalue weighted by Gasteiger charge is -2.31. The van der Waals surface area contributed by atoms with E-state index in [-0.39, 0.29) is 0 Å². The maximum atomic E-state index is 5.05. The summed E-state index contributed by atoms with van der Waals surface area (Å²) in [6, 6.07) is 47.9. The second-order valence-corrected chi connectivity index (χ2v) is 19.6. The summed E-state index contributed by atoms with van der Waals surface area (Å²) in [6.07, 6.45) is 21.2. The molecule has 6 heterocycles. The highest BCUT2D eigenvalue weighted by Crippen LogP contribution is 2.52. The first-order valence-corrected chi connectivity index (χ1v) is 24.4. The van der Waals surface area contributed by atoms with Crippen LogP contribution in [0, 0.1) is 0 Å². The van der Waals surface area contributed by atoms with Crippen LogP contribution in [0.2, 0.25) is 0 Å². The van der Waals surface area contributed by atoms with E-state index in [1.54, 1.807) is 0 Å². The second kappa shape index (κ2) is 13.7. The first-order chi connectivity index (χ1) is 33.7. The Kier molecular flexibility index (Phi) is 7.43.